The molecule has 1 saturated heterocycles. The molecule has 1 N–H and O–H groups in total. The molecule has 4 nitrogen and oxygen atoms in total. The minimum atomic E-state index is -0.464. The van der Waals surface area contributed by atoms with Crippen LogP contribution >= 0.6 is 23.8 Å². The molecule has 1 heterocycles. The van der Waals surface area contributed by atoms with Gasteiger partial charge in [0.25, 0.3) is 0 Å². The van der Waals surface area contributed by atoms with Crippen LogP contribution in [0, 0.1) is 11.7 Å². The molecule has 2 rings (SSSR count). The summed E-state index contributed by atoms with van der Waals surface area (Å²) in [6, 6.07) is 4.37. The molecule has 0 saturated carbocycles. The van der Waals surface area contributed by atoms with Gasteiger partial charge in [-0.25, -0.2) is 4.39 Å². The van der Waals surface area contributed by atoms with E-state index in [2.05, 4.69) is 5.32 Å². The largest absolute Gasteiger partial charge is 0.466 e. The van der Waals surface area contributed by atoms with Crippen molar-refractivity contribution >= 4 is 40.6 Å². The molecule has 1 fully saturated rings. The van der Waals surface area contributed by atoms with E-state index in [1.807, 2.05) is 4.90 Å². The van der Waals surface area contributed by atoms with Gasteiger partial charge in [-0.15, -0.1) is 0 Å². The van der Waals surface area contributed by atoms with Crippen molar-refractivity contribution in [2.75, 3.05) is 25.0 Å². The quantitative estimate of drug-likeness (QED) is 0.672. The number of nitrogens with zero attached hydrogens (tertiary/aromatic N) is 1. The van der Waals surface area contributed by atoms with E-state index >= 15 is 0 Å². The first-order chi connectivity index (χ1) is 10.5. The molecule has 1 aliphatic rings. The predicted molar refractivity (Wildman–Crippen MR) is 88.6 cm³/mol. The van der Waals surface area contributed by atoms with E-state index in [4.69, 9.17) is 28.6 Å². The van der Waals surface area contributed by atoms with Gasteiger partial charge in [0.2, 0.25) is 0 Å². The molecule has 0 aromatic heterocycles. The Hall–Kier alpha value is -1.40. The predicted octanol–water partition coefficient (Wildman–Crippen LogP) is 3.45. The van der Waals surface area contributed by atoms with Gasteiger partial charge in [-0.2, -0.15) is 0 Å². The number of hydrogen-bond donors (Lipinski definition) is 1. The Morgan fingerprint density at radius 2 is 2.18 bits per heavy atom. The number of nitrogens with one attached hydrogen (secondary N) is 1. The third-order valence-corrected chi connectivity index (χ3v) is 4.22. The fourth-order valence-electron chi connectivity index (χ4n) is 2.35. The van der Waals surface area contributed by atoms with Crippen molar-refractivity contribution in [1.82, 2.24) is 4.90 Å². The number of benzene rings is 1. The molecule has 0 bridgehead atoms. The van der Waals surface area contributed by atoms with E-state index in [-0.39, 0.29) is 16.9 Å². The van der Waals surface area contributed by atoms with Gasteiger partial charge in [0.05, 0.1) is 17.5 Å². The highest BCUT2D eigenvalue weighted by Crippen LogP contribution is 2.22. The van der Waals surface area contributed by atoms with Crippen LogP contribution in [0.2, 0.25) is 5.02 Å². The lowest BCUT2D eigenvalue weighted by Crippen LogP contribution is -2.42. The van der Waals surface area contributed by atoms with Crippen LogP contribution in [-0.2, 0) is 9.53 Å². The maximum Gasteiger partial charge on any atom is 0.309 e. The second-order valence-electron chi connectivity index (χ2n) is 5.07. The van der Waals surface area contributed by atoms with Crippen LogP contribution in [0.3, 0.4) is 0 Å². The van der Waals surface area contributed by atoms with Gasteiger partial charge in [0.1, 0.15) is 5.82 Å². The molecule has 7 heteroatoms. The summed E-state index contributed by atoms with van der Waals surface area (Å²) >= 11 is 11.1. The summed E-state index contributed by atoms with van der Waals surface area (Å²) in [6.45, 7) is 3.58. The van der Waals surface area contributed by atoms with Crippen LogP contribution in [-0.4, -0.2) is 35.7 Å². The highest BCUT2D eigenvalue weighted by Gasteiger charge is 2.27. The zero-order chi connectivity index (χ0) is 16.1. The Labute approximate surface area is 139 Å². The average molecular weight is 345 g/mol. The number of esters is 1. The summed E-state index contributed by atoms with van der Waals surface area (Å²) < 4.78 is 18.2. The monoisotopic (exact) mass is 344 g/mol. The molecular formula is C15H18ClFN2O2S. The van der Waals surface area contributed by atoms with Gasteiger partial charge >= 0.3 is 5.97 Å². The Balaban J connectivity index is 1.87. The van der Waals surface area contributed by atoms with Gasteiger partial charge in [0.15, 0.2) is 5.11 Å². The third kappa shape index (κ3) is 4.30. The first kappa shape index (κ1) is 17.0. The summed E-state index contributed by atoms with van der Waals surface area (Å²) in [6.07, 6.45) is 1.43. The Kier molecular flexibility index (Phi) is 5.97. The fraction of sp³-hybridized carbons (Fsp3) is 0.467. The molecule has 120 valence electrons. The normalized spacial score (nSPS) is 15.5. The summed E-state index contributed by atoms with van der Waals surface area (Å²) in [5.74, 6) is -0.654. The second kappa shape index (κ2) is 7.74. The first-order valence-electron chi connectivity index (χ1n) is 7.19. The number of piperidine rings is 1. The molecule has 1 aromatic rings. The summed E-state index contributed by atoms with van der Waals surface area (Å²) in [7, 11) is 0. The highest BCUT2D eigenvalue weighted by molar-refractivity contribution is 7.80. The summed E-state index contributed by atoms with van der Waals surface area (Å²) in [5.41, 5.74) is 0.643. The Morgan fingerprint density at radius 3 is 2.77 bits per heavy atom. The molecule has 1 aromatic carbocycles. The number of halogens is 2. The highest BCUT2D eigenvalue weighted by atomic mass is 35.5. The van der Waals surface area contributed by atoms with Gasteiger partial charge in [-0.1, -0.05) is 11.6 Å². The molecule has 0 unspecified atom stereocenters. The zero-order valence-electron chi connectivity index (χ0n) is 12.3. The van der Waals surface area contributed by atoms with Crippen molar-refractivity contribution < 1.29 is 13.9 Å². The lowest BCUT2D eigenvalue weighted by atomic mass is 9.97. The molecule has 1 aliphatic heterocycles. The lowest BCUT2D eigenvalue weighted by molar-refractivity contribution is -0.149. The van der Waals surface area contributed by atoms with Gasteiger partial charge in [-0.05, 0) is 50.2 Å². The number of rotatable bonds is 3. The maximum absolute atomic E-state index is 13.1. The SMILES string of the molecule is CCOC(=O)C1CCN(C(=S)Nc2ccc(F)c(Cl)c2)CC1. The standard InChI is InChI=1S/C15H18ClFN2O2S/c1-2-21-14(20)10-5-7-19(8-6-10)15(22)18-11-3-4-13(17)12(16)9-11/h3-4,9-10H,2,5-8H2,1H3,(H,18,22). The smallest absolute Gasteiger partial charge is 0.309 e. The number of ether oxygens (including phenoxy) is 1. The molecule has 22 heavy (non-hydrogen) atoms. The summed E-state index contributed by atoms with van der Waals surface area (Å²) in [4.78, 5) is 13.7. The van der Waals surface area contributed by atoms with E-state index in [9.17, 15) is 9.18 Å². The Morgan fingerprint density at radius 1 is 1.50 bits per heavy atom. The van der Waals surface area contributed by atoms with E-state index in [0.29, 0.717) is 43.3 Å². The topological polar surface area (TPSA) is 41.6 Å². The summed E-state index contributed by atoms with van der Waals surface area (Å²) in [5, 5.41) is 3.64. The van der Waals surface area contributed by atoms with Gasteiger partial charge in [-0.3, -0.25) is 4.79 Å². The second-order valence-corrected chi connectivity index (χ2v) is 5.87. The van der Waals surface area contributed by atoms with Crippen LogP contribution in [0.5, 0.6) is 0 Å². The maximum atomic E-state index is 13.1. The fourth-order valence-corrected chi connectivity index (χ4v) is 2.84. The number of carbonyl (C=O) groups excluding carboxylic acids is 1. The van der Waals surface area contributed by atoms with Crippen molar-refractivity contribution in [2.24, 2.45) is 5.92 Å². The van der Waals surface area contributed by atoms with Gasteiger partial charge in [0, 0.05) is 18.8 Å². The van der Waals surface area contributed by atoms with Crippen molar-refractivity contribution in [2.45, 2.75) is 19.8 Å². The minimum absolute atomic E-state index is 0.0498. The van der Waals surface area contributed by atoms with Crippen molar-refractivity contribution in [3.05, 3.63) is 29.0 Å². The van der Waals surface area contributed by atoms with Crippen LogP contribution in [0.1, 0.15) is 19.8 Å². The third-order valence-electron chi connectivity index (χ3n) is 3.57. The Bertz CT molecular complexity index is 562. The molecule has 0 aliphatic carbocycles. The number of thiocarbonyl (C=S) groups is 1. The van der Waals surface area contributed by atoms with E-state index in [1.54, 1.807) is 13.0 Å². The van der Waals surface area contributed by atoms with E-state index in [0.717, 1.165) is 0 Å². The van der Waals surface area contributed by atoms with Crippen molar-refractivity contribution in [3.63, 3.8) is 0 Å². The van der Waals surface area contributed by atoms with Crippen LogP contribution < -0.4 is 5.32 Å². The number of likely N-dealkylation sites (tertiary alicyclic amines) is 1. The van der Waals surface area contributed by atoms with E-state index in [1.165, 1.54) is 12.1 Å². The van der Waals surface area contributed by atoms with Gasteiger partial charge < -0.3 is 15.0 Å². The van der Waals surface area contributed by atoms with Crippen LogP contribution in [0.15, 0.2) is 18.2 Å². The zero-order valence-corrected chi connectivity index (χ0v) is 13.8. The molecule has 0 spiro atoms. The number of hydrogen-bond acceptors (Lipinski definition) is 3. The average Bonchev–Trinajstić information content (AvgIpc) is 2.51. The number of anilines is 1. The van der Waals surface area contributed by atoms with Crippen molar-refractivity contribution in [3.8, 4) is 0 Å². The molecule has 0 radical (unpaired) electrons. The number of carbonyl (C=O) groups is 1. The molecular weight excluding hydrogens is 327 g/mol. The van der Waals surface area contributed by atoms with Crippen molar-refractivity contribution in [1.29, 1.82) is 0 Å². The van der Waals surface area contributed by atoms with Crippen LogP contribution in [0.25, 0.3) is 0 Å². The van der Waals surface area contributed by atoms with E-state index < -0.39 is 5.82 Å². The first-order valence-corrected chi connectivity index (χ1v) is 7.97. The van der Waals surface area contributed by atoms with Crippen LogP contribution in [0.4, 0.5) is 10.1 Å². The molecule has 0 atom stereocenters. The lowest BCUT2D eigenvalue weighted by Gasteiger charge is -2.32. The molecule has 0 amide bonds. The minimum Gasteiger partial charge on any atom is -0.466 e.